The fraction of sp³-hybridized carbons (Fsp3) is 0.250. The first kappa shape index (κ1) is 22.6. The summed E-state index contributed by atoms with van der Waals surface area (Å²) in [5, 5.41) is 12.2. The number of pyridine rings is 1. The van der Waals surface area contributed by atoms with Crippen molar-refractivity contribution in [1.29, 1.82) is 0 Å². The Morgan fingerprint density at radius 3 is 2.54 bits per heavy atom. The van der Waals surface area contributed by atoms with Crippen molar-refractivity contribution in [2.45, 2.75) is 13.0 Å². The van der Waals surface area contributed by atoms with Crippen molar-refractivity contribution in [3.05, 3.63) is 48.9 Å². The predicted molar refractivity (Wildman–Crippen MR) is 132 cm³/mol. The molecule has 0 spiro atoms. The highest BCUT2D eigenvalue weighted by Gasteiger charge is 2.20. The van der Waals surface area contributed by atoms with Crippen LogP contribution in [0.4, 0.5) is 17.5 Å². The number of carbonyl (C=O) groups is 1. The van der Waals surface area contributed by atoms with Gasteiger partial charge in [0.1, 0.15) is 11.6 Å². The summed E-state index contributed by atoms with van der Waals surface area (Å²) < 4.78 is 5.51. The predicted octanol–water partition coefficient (Wildman–Crippen LogP) is 1.89. The van der Waals surface area contributed by atoms with Gasteiger partial charge in [-0.15, -0.1) is 0 Å². The molecule has 178 valence electrons. The summed E-state index contributed by atoms with van der Waals surface area (Å²) in [6, 6.07) is 9.26. The SMILES string of the molecule is C[C@H](O)C(=O)Nc1cccc(-c2cnc3c(N4CCOCC4)nc(-c4cnc(N)nc4)nc3c2)c1. The molecule has 3 aromatic heterocycles. The van der Waals surface area contributed by atoms with E-state index < -0.39 is 12.0 Å². The number of hydrogen-bond donors (Lipinski definition) is 3. The van der Waals surface area contributed by atoms with Gasteiger partial charge in [-0.05, 0) is 30.7 Å². The molecule has 1 atom stereocenters. The zero-order chi connectivity index (χ0) is 24.4. The van der Waals surface area contributed by atoms with E-state index in [0.29, 0.717) is 54.4 Å². The average molecular weight is 473 g/mol. The third-order valence-corrected chi connectivity index (χ3v) is 5.60. The Hall–Kier alpha value is -4.22. The minimum Gasteiger partial charge on any atom is -0.384 e. The Labute approximate surface area is 201 Å². The maximum absolute atomic E-state index is 11.9. The van der Waals surface area contributed by atoms with Crippen LogP contribution in [0.1, 0.15) is 6.92 Å². The molecule has 1 aliphatic rings. The van der Waals surface area contributed by atoms with Gasteiger partial charge in [0.25, 0.3) is 5.91 Å². The molecule has 0 saturated carbocycles. The normalized spacial score (nSPS) is 14.6. The van der Waals surface area contributed by atoms with Crippen molar-refractivity contribution in [2.75, 3.05) is 42.3 Å². The number of fused-ring (bicyclic) bond motifs is 1. The molecule has 1 fully saturated rings. The smallest absolute Gasteiger partial charge is 0.252 e. The van der Waals surface area contributed by atoms with Gasteiger partial charge in [0.2, 0.25) is 5.95 Å². The molecule has 1 aliphatic heterocycles. The lowest BCUT2D eigenvalue weighted by Gasteiger charge is -2.28. The average Bonchev–Trinajstić information content (AvgIpc) is 2.88. The van der Waals surface area contributed by atoms with E-state index in [1.54, 1.807) is 24.7 Å². The number of morpholine rings is 1. The Kier molecular flexibility index (Phi) is 6.17. The first-order valence-electron chi connectivity index (χ1n) is 11.2. The summed E-state index contributed by atoms with van der Waals surface area (Å²) in [7, 11) is 0. The van der Waals surface area contributed by atoms with Crippen LogP contribution in [0.2, 0.25) is 0 Å². The molecule has 1 aromatic carbocycles. The summed E-state index contributed by atoms with van der Waals surface area (Å²) in [5.74, 6) is 0.886. The van der Waals surface area contributed by atoms with Crippen LogP contribution in [-0.2, 0) is 9.53 Å². The molecule has 1 amide bonds. The Morgan fingerprint density at radius 2 is 1.80 bits per heavy atom. The minimum atomic E-state index is -1.10. The molecule has 0 bridgehead atoms. The van der Waals surface area contributed by atoms with Crippen molar-refractivity contribution in [3.63, 3.8) is 0 Å². The van der Waals surface area contributed by atoms with Crippen LogP contribution in [0.15, 0.2) is 48.9 Å². The fourth-order valence-corrected chi connectivity index (χ4v) is 3.76. The molecule has 11 heteroatoms. The summed E-state index contributed by atoms with van der Waals surface area (Å²) in [6.45, 7) is 4.02. The molecule has 0 unspecified atom stereocenters. The van der Waals surface area contributed by atoms with Crippen LogP contribution in [-0.4, -0.2) is 68.3 Å². The number of carbonyl (C=O) groups excluding carboxylic acids is 1. The van der Waals surface area contributed by atoms with E-state index in [1.807, 2.05) is 24.3 Å². The number of nitrogens with zero attached hydrogens (tertiary/aromatic N) is 6. The van der Waals surface area contributed by atoms with Gasteiger partial charge < -0.3 is 25.8 Å². The molecule has 0 aliphatic carbocycles. The third kappa shape index (κ3) is 4.86. The minimum absolute atomic E-state index is 0.175. The highest BCUT2D eigenvalue weighted by Crippen LogP contribution is 2.30. The highest BCUT2D eigenvalue weighted by molar-refractivity contribution is 5.95. The van der Waals surface area contributed by atoms with E-state index in [1.165, 1.54) is 6.92 Å². The lowest BCUT2D eigenvalue weighted by molar-refractivity contribution is -0.123. The van der Waals surface area contributed by atoms with Crippen LogP contribution < -0.4 is 16.0 Å². The number of ether oxygens (including phenoxy) is 1. The highest BCUT2D eigenvalue weighted by atomic mass is 16.5. The topological polar surface area (TPSA) is 152 Å². The van der Waals surface area contributed by atoms with Crippen molar-refractivity contribution in [2.24, 2.45) is 0 Å². The molecule has 11 nitrogen and oxygen atoms in total. The van der Waals surface area contributed by atoms with Gasteiger partial charge in [0, 0.05) is 42.9 Å². The first-order valence-corrected chi connectivity index (χ1v) is 11.2. The summed E-state index contributed by atoms with van der Waals surface area (Å²) in [4.78, 5) is 36.4. The van der Waals surface area contributed by atoms with Crippen LogP contribution in [0.25, 0.3) is 33.5 Å². The van der Waals surface area contributed by atoms with E-state index in [4.69, 9.17) is 25.4 Å². The second-order valence-corrected chi connectivity index (χ2v) is 8.14. The summed E-state index contributed by atoms with van der Waals surface area (Å²) >= 11 is 0. The first-order chi connectivity index (χ1) is 17.0. The van der Waals surface area contributed by atoms with E-state index >= 15 is 0 Å². The van der Waals surface area contributed by atoms with Crippen LogP contribution in [0, 0.1) is 0 Å². The van der Waals surface area contributed by atoms with Gasteiger partial charge in [0.05, 0.1) is 24.3 Å². The molecule has 35 heavy (non-hydrogen) atoms. The fourth-order valence-electron chi connectivity index (χ4n) is 3.76. The van der Waals surface area contributed by atoms with Crippen molar-refractivity contribution in [1.82, 2.24) is 24.9 Å². The lowest BCUT2D eigenvalue weighted by atomic mass is 10.1. The number of anilines is 3. The molecule has 4 aromatic rings. The summed E-state index contributed by atoms with van der Waals surface area (Å²) in [5.41, 5.74) is 9.85. The van der Waals surface area contributed by atoms with E-state index in [0.717, 1.165) is 16.9 Å². The zero-order valence-corrected chi connectivity index (χ0v) is 19.0. The number of aliphatic hydroxyl groups excluding tert-OH is 1. The second kappa shape index (κ2) is 9.57. The monoisotopic (exact) mass is 472 g/mol. The molecule has 1 saturated heterocycles. The standard InChI is InChI=1S/C24H24N8O3/c1-14(33)23(34)29-18-4-2-3-15(9-18)16-10-19-20(26-11-16)22(32-5-7-35-8-6-32)31-21(30-19)17-12-27-24(25)28-13-17/h2-4,9-14,33H,5-8H2,1H3,(H,29,34)(H2,25,27,28)/t14-/m0/s1. The van der Waals surface area contributed by atoms with Gasteiger partial charge in [-0.2, -0.15) is 0 Å². The van der Waals surface area contributed by atoms with Gasteiger partial charge >= 0.3 is 0 Å². The number of aromatic nitrogens is 5. The van der Waals surface area contributed by atoms with E-state index in [2.05, 4.69) is 20.2 Å². The quantitative estimate of drug-likeness (QED) is 0.392. The number of nitrogen functional groups attached to an aromatic ring is 1. The number of nitrogens with one attached hydrogen (secondary N) is 1. The number of benzene rings is 1. The Bertz CT molecular complexity index is 1370. The Morgan fingerprint density at radius 1 is 1.06 bits per heavy atom. The lowest BCUT2D eigenvalue weighted by Crippen LogP contribution is -2.37. The van der Waals surface area contributed by atoms with Gasteiger partial charge in [0.15, 0.2) is 11.6 Å². The third-order valence-electron chi connectivity index (χ3n) is 5.60. The van der Waals surface area contributed by atoms with Crippen LogP contribution in [0.5, 0.6) is 0 Å². The number of amides is 1. The molecule has 4 heterocycles. The van der Waals surface area contributed by atoms with Crippen molar-refractivity contribution in [3.8, 4) is 22.5 Å². The molecular formula is C24H24N8O3. The Balaban J connectivity index is 1.59. The maximum Gasteiger partial charge on any atom is 0.252 e. The van der Waals surface area contributed by atoms with Crippen molar-refractivity contribution < 1.29 is 14.6 Å². The number of nitrogens with two attached hydrogens (primary N) is 1. The number of rotatable bonds is 5. The molecule has 0 radical (unpaired) electrons. The largest absolute Gasteiger partial charge is 0.384 e. The maximum atomic E-state index is 11.9. The zero-order valence-electron chi connectivity index (χ0n) is 19.0. The van der Waals surface area contributed by atoms with Crippen LogP contribution >= 0.6 is 0 Å². The van der Waals surface area contributed by atoms with Crippen molar-refractivity contribution >= 4 is 34.4 Å². The molecule has 5 rings (SSSR count). The molecule has 4 N–H and O–H groups in total. The van der Waals surface area contributed by atoms with Gasteiger partial charge in [-0.1, -0.05) is 12.1 Å². The summed E-state index contributed by atoms with van der Waals surface area (Å²) in [6.07, 6.45) is 3.85. The number of hydrogen-bond acceptors (Lipinski definition) is 10. The van der Waals surface area contributed by atoms with Gasteiger partial charge in [-0.25, -0.2) is 19.9 Å². The van der Waals surface area contributed by atoms with Gasteiger partial charge in [-0.3, -0.25) is 9.78 Å². The molecular weight excluding hydrogens is 448 g/mol. The van der Waals surface area contributed by atoms with E-state index in [-0.39, 0.29) is 5.95 Å². The van der Waals surface area contributed by atoms with Crippen LogP contribution in [0.3, 0.4) is 0 Å². The second-order valence-electron chi connectivity index (χ2n) is 8.14. The number of aliphatic hydroxyl groups is 1. The van der Waals surface area contributed by atoms with E-state index in [9.17, 15) is 9.90 Å².